The molecule has 0 spiro atoms. The second-order valence-electron chi connectivity index (χ2n) is 4.15. The van der Waals surface area contributed by atoms with E-state index in [2.05, 4.69) is 11.8 Å². The fourth-order valence-corrected chi connectivity index (χ4v) is 1.61. The molecule has 1 rings (SSSR count). The third-order valence-corrected chi connectivity index (χ3v) is 2.69. The lowest BCUT2D eigenvalue weighted by Crippen LogP contribution is -2.21. The van der Waals surface area contributed by atoms with Gasteiger partial charge in [0.05, 0.1) is 6.61 Å². The van der Waals surface area contributed by atoms with Crippen LogP contribution in [0.15, 0.2) is 18.2 Å². The molecule has 0 saturated carbocycles. The summed E-state index contributed by atoms with van der Waals surface area (Å²) in [6.45, 7) is 4.33. The lowest BCUT2D eigenvalue weighted by Gasteiger charge is -2.14. The molecule has 0 heterocycles. The molecule has 1 aromatic rings. The Morgan fingerprint density at radius 1 is 1.44 bits per heavy atom. The highest BCUT2D eigenvalue weighted by atomic mass is 19.1. The minimum absolute atomic E-state index is 0.0320. The Hall–Kier alpha value is -1.53. The fourth-order valence-electron chi connectivity index (χ4n) is 1.61. The average Bonchev–Trinajstić information content (AvgIpc) is 2.36. The highest BCUT2D eigenvalue weighted by Gasteiger charge is 2.09. The van der Waals surface area contributed by atoms with Gasteiger partial charge >= 0.3 is 0 Å². The molecule has 3 heteroatoms. The molecule has 2 nitrogen and oxygen atoms in total. The maximum atomic E-state index is 13.2. The molecule has 0 aliphatic carbocycles. The summed E-state index contributed by atoms with van der Waals surface area (Å²) in [5, 5.41) is 0. The molecule has 1 unspecified atom stereocenters. The van der Waals surface area contributed by atoms with Gasteiger partial charge in [-0.1, -0.05) is 6.92 Å². The van der Waals surface area contributed by atoms with Crippen molar-refractivity contribution < 1.29 is 9.13 Å². The third kappa shape index (κ3) is 4.77. The number of hydrogen-bond donors (Lipinski definition) is 1. The van der Waals surface area contributed by atoms with Crippen LogP contribution in [0.3, 0.4) is 0 Å². The van der Waals surface area contributed by atoms with Crippen LogP contribution in [0.2, 0.25) is 0 Å². The van der Waals surface area contributed by atoms with Gasteiger partial charge < -0.3 is 10.5 Å². The molecule has 0 amide bonds. The van der Waals surface area contributed by atoms with E-state index in [1.165, 1.54) is 12.1 Å². The highest BCUT2D eigenvalue weighted by Crippen LogP contribution is 2.21. The average molecular weight is 249 g/mol. The van der Waals surface area contributed by atoms with Gasteiger partial charge in [-0.2, -0.15) is 0 Å². The number of hydrogen-bond acceptors (Lipinski definition) is 2. The Kier molecular flexibility index (Phi) is 6.24. The zero-order valence-electron chi connectivity index (χ0n) is 11.0. The number of nitrogens with two attached hydrogens (primary N) is 1. The van der Waals surface area contributed by atoms with E-state index >= 15 is 0 Å². The monoisotopic (exact) mass is 249 g/mol. The van der Waals surface area contributed by atoms with Crippen molar-refractivity contribution in [2.45, 2.75) is 39.2 Å². The van der Waals surface area contributed by atoms with Crippen LogP contribution in [0.25, 0.3) is 0 Å². The predicted molar refractivity (Wildman–Crippen MR) is 71.9 cm³/mol. The van der Waals surface area contributed by atoms with Gasteiger partial charge in [0.15, 0.2) is 0 Å². The summed E-state index contributed by atoms with van der Waals surface area (Å²) < 4.78 is 18.8. The van der Waals surface area contributed by atoms with Gasteiger partial charge in [0.1, 0.15) is 11.6 Å². The molecule has 1 aromatic carbocycles. The zero-order valence-corrected chi connectivity index (χ0v) is 11.0. The van der Waals surface area contributed by atoms with Gasteiger partial charge in [-0.15, -0.1) is 11.8 Å². The summed E-state index contributed by atoms with van der Waals surface area (Å²) >= 11 is 0. The van der Waals surface area contributed by atoms with Crippen LogP contribution in [0, 0.1) is 17.7 Å². The van der Waals surface area contributed by atoms with Gasteiger partial charge in [-0.3, -0.25) is 0 Å². The molecule has 98 valence electrons. The first kappa shape index (κ1) is 14.5. The number of benzene rings is 1. The minimum Gasteiger partial charge on any atom is -0.492 e. The van der Waals surface area contributed by atoms with E-state index in [4.69, 9.17) is 10.5 Å². The SMILES string of the molecule is CC#CCCOc1ccc(F)cc1CC(N)CC. The van der Waals surface area contributed by atoms with Crippen molar-refractivity contribution in [3.05, 3.63) is 29.6 Å². The highest BCUT2D eigenvalue weighted by molar-refractivity contribution is 5.34. The van der Waals surface area contributed by atoms with Crippen LogP contribution in [0.4, 0.5) is 4.39 Å². The van der Waals surface area contributed by atoms with Gasteiger partial charge in [0.25, 0.3) is 0 Å². The fraction of sp³-hybridized carbons (Fsp3) is 0.467. The van der Waals surface area contributed by atoms with Crippen molar-refractivity contribution in [2.24, 2.45) is 5.73 Å². The molecule has 0 saturated heterocycles. The van der Waals surface area contributed by atoms with Crippen molar-refractivity contribution in [3.8, 4) is 17.6 Å². The quantitative estimate of drug-likeness (QED) is 0.621. The number of rotatable bonds is 6. The molecule has 0 bridgehead atoms. The van der Waals surface area contributed by atoms with Crippen LogP contribution in [-0.4, -0.2) is 12.6 Å². The lowest BCUT2D eigenvalue weighted by atomic mass is 10.0. The molecule has 1 atom stereocenters. The maximum Gasteiger partial charge on any atom is 0.123 e. The van der Waals surface area contributed by atoms with Crippen molar-refractivity contribution in [1.82, 2.24) is 0 Å². The Morgan fingerprint density at radius 2 is 2.22 bits per heavy atom. The van der Waals surface area contributed by atoms with Gasteiger partial charge in [0.2, 0.25) is 0 Å². The Morgan fingerprint density at radius 3 is 2.89 bits per heavy atom. The van der Waals surface area contributed by atoms with Crippen LogP contribution in [0.5, 0.6) is 5.75 Å². The standard InChI is InChI=1S/C15H20FNO/c1-3-5-6-9-18-15-8-7-13(16)10-12(15)11-14(17)4-2/h7-8,10,14H,4,6,9,11,17H2,1-2H3. The summed E-state index contributed by atoms with van der Waals surface area (Å²) in [4.78, 5) is 0. The molecule has 0 radical (unpaired) electrons. The first-order chi connectivity index (χ1) is 8.67. The van der Waals surface area contributed by atoms with Gasteiger partial charge in [-0.05, 0) is 43.5 Å². The summed E-state index contributed by atoms with van der Waals surface area (Å²) in [6, 6.07) is 4.59. The van der Waals surface area contributed by atoms with Crippen molar-refractivity contribution >= 4 is 0 Å². The topological polar surface area (TPSA) is 35.2 Å². The molecule has 0 fully saturated rings. The summed E-state index contributed by atoms with van der Waals surface area (Å²) in [5.41, 5.74) is 6.73. The largest absolute Gasteiger partial charge is 0.492 e. The second-order valence-corrected chi connectivity index (χ2v) is 4.15. The normalized spacial score (nSPS) is 11.6. The maximum absolute atomic E-state index is 13.2. The van der Waals surface area contributed by atoms with E-state index < -0.39 is 0 Å². The van der Waals surface area contributed by atoms with Crippen molar-refractivity contribution in [2.75, 3.05) is 6.61 Å². The van der Waals surface area contributed by atoms with E-state index in [0.717, 1.165) is 12.0 Å². The molecular weight excluding hydrogens is 229 g/mol. The van der Waals surface area contributed by atoms with E-state index in [-0.39, 0.29) is 11.9 Å². The van der Waals surface area contributed by atoms with Crippen LogP contribution < -0.4 is 10.5 Å². The second kappa shape index (κ2) is 7.73. The Bertz CT molecular complexity index is 434. The first-order valence-electron chi connectivity index (χ1n) is 6.23. The molecule has 2 N–H and O–H groups in total. The zero-order chi connectivity index (χ0) is 13.4. The molecular formula is C15H20FNO. The molecule has 0 aliphatic rings. The Labute approximate surface area is 108 Å². The van der Waals surface area contributed by atoms with Crippen LogP contribution in [0.1, 0.15) is 32.3 Å². The van der Waals surface area contributed by atoms with E-state index in [1.807, 2.05) is 6.92 Å². The van der Waals surface area contributed by atoms with E-state index in [1.54, 1.807) is 13.0 Å². The lowest BCUT2D eigenvalue weighted by molar-refractivity contribution is 0.322. The van der Waals surface area contributed by atoms with Gasteiger partial charge in [0, 0.05) is 12.5 Å². The Balaban J connectivity index is 2.71. The predicted octanol–water partition coefficient (Wildman–Crippen LogP) is 2.90. The molecule has 0 aromatic heterocycles. The smallest absolute Gasteiger partial charge is 0.123 e. The summed E-state index contributed by atoms with van der Waals surface area (Å²) in [6.07, 6.45) is 2.16. The van der Waals surface area contributed by atoms with Crippen LogP contribution in [-0.2, 0) is 6.42 Å². The third-order valence-electron chi connectivity index (χ3n) is 2.69. The summed E-state index contributed by atoms with van der Waals surface area (Å²) in [5.74, 6) is 6.19. The first-order valence-corrected chi connectivity index (χ1v) is 6.23. The van der Waals surface area contributed by atoms with Crippen molar-refractivity contribution in [1.29, 1.82) is 0 Å². The van der Waals surface area contributed by atoms with Crippen molar-refractivity contribution in [3.63, 3.8) is 0 Å². The number of halogens is 1. The molecule has 0 aliphatic heterocycles. The minimum atomic E-state index is -0.256. The number of ether oxygens (including phenoxy) is 1. The summed E-state index contributed by atoms with van der Waals surface area (Å²) in [7, 11) is 0. The van der Waals surface area contributed by atoms with E-state index in [9.17, 15) is 4.39 Å². The van der Waals surface area contributed by atoms with Crippen LogP contribution >= 0.6 is 0 Å². The van der Waals surface area contributed by atoms with Gasteiger partial charge in [-0.25, -0.2) is 4.39 Å². The molecule has 18 heavy (non-hydrogen) atoms. The van der Waals surface area contributed by atoms with E-state index in [0.29, 0.717) is 25.2 Å².